The smallest absolute Gasteiger partial charge is 0.416 e. The quantitative estimate of drug-likeness (QED) is 0.310. The fraction of sp³-hybridized carbons (Fsp3) is 0.267. The van der Waals surface area contributed by atoms with Crippen LogP contribution in [-0.4, -0.2) is 36.3 Å². The molecule has 0 saturated heterocycles. The molecule has 3 aromatic heterocycles. The molecular weight excluding hydrogens is 533 g/mol. The van der Waals surface area contributed by atoms with Gasteiger partial charge in [-0.15, -0.1) is 0 Å². The van der Waals surface area contributed by atoms with E-state index in [2.05, 4.69) is 21.0 Å². The first-order valence-electron chi connectivity index (χ1n) is 12.7. The minimum Gasteiger partial charge on any atom is -0.481 e. The fourth-order valence-corrected chi connectivity index (χ4v) is 5.13. The molecule has 0 atom stereocenters. The Hall–Kier alpha value is -4.69. The predicted molar refractivity (Wildman–Crippen MR) is 145 cm³/mol. The van der Waals surface area contributed by atoms with Gasteiger partial charge in [-0.3, -0.25) is 0 Å². The van der Waals surface area contributed by atoms with Gasteiger partial charge in [0.25, 0.3) is 0 Å². The van der Waals surface area contributed by atoms with Gasteiger partial charge in [-0.05, 0) is 43.2 Å². The number of hydrogen-bond donors (Lipinski definition) is 1. The fourth-order valence-electron chi connectivity index (χ4n) is 5.13. The summed E-state index contributed by atoms with van der Waals surface area (Å²) in [5, 5.41) is 23.2. The largest absolute Gasteiger partial charge is 0.481 e. The summed E-state index contributed by atoms with van der Waals surface area (Å²) in [7, 11) is 4.99. The highest BCUT2D eigenvalue weighted by atomic mass is 19.4. The summed E-state index contributed by atoms with van der Waals surface area (Å²) in [4.78, 5) is 13.3. The zero-order valence-corrected chi connectivity index (χ0v) is 23.1. The lowest BCUT2D eigenvalue weighted by atomic mass is 9.85. The molecule has 8 nitrogen and oxygen atoms in total. The Morgan fingerprint density at radius 3 is 2.10 bits per heavy atom. The Labute approximate surface area is 234 Å². The van der Waals surface area contributed by atoms with Crippen LogP contribution >= 0.6 is 0 Å². The lowest BCUT2D eigenvalue weighted by Crippen LogP contribution is -2.33. The van der Waals surface area contributed by atoms with Crippen molar-refractivity contribution in [1.82, 2.24) is 24.1 Å². The molecule has 0 aliphatic rings. The lowest BCUT2D eigenvalue weighted by Gasteiger charge is -2.30. The van der Waals surface area contributed by atoms with Crippen molar-refractivity contribution in [1.29, 1.82) is 5.26 Å². The number of pyridine rings is 1. The van der Waals surface area contributed by atoms with Gasteiger partial charge in [0.05, 0.1) is 47.5 Å². The summed E-state index contributed by atoms with van der Waals surface area (Å²) in [5.74, 6) is 1.51. The maximum Gasteiger partial charge on any atom is 0.416 e. The van der Waals surface area contributed by atoms with Crippen LogP contribution in [0.1, 0.15) is 50.9 Å². The van der Waals surface area contributed by atoms with Gasteiger partial charge in [0.15, 0.2) is 5.60 Å². The number of aryl methyl sites for hydroxylation is 2. The zero-order chi connectivity index (χ0) is 29.7. The highest BCUT2D eigenvalue weighted by Gasteiger charge is 2.40. The van der Waals surface area contributed by atoms with Gasteiger partial charge in [-0.1, -0.05) is 24.3 Å². The van der Waals surface area contributed by atoms with E-state index in [-0.39, 0.29) is 17.9 Å². The number of aromatic nitrogens is 5. The number of nitriles is 1. The molecule has 0 radical (unpaired) electrons. The lowest BCUT2D eigenvalue weighted by molar-refractivity contribution is -0.137. The van der Waals surface area contributed by atoms with Crippen LogP contribution in [0, 0.1) is 25.2 Å². The van der Waals surface area contributed by atoms with Crippen LogP contribution in [0.15, 0.2) is 54.9 Å². The minimum absolute atomic E-state index is 0.0186. The molecule has 0 amide bonds. The summed E-state index contributed by atoms with van der Waals surface area (Å²) in [6, 6.07) is 12.2. The molecule has 0 aliphatic carbocycles. The maximum atomic E-state index is 13.4. The first-order valence-corrected chi connectivity index (χ1v) is 12.7. The Bertz CT molecular complexity index is 1780. The van der Waals surface area contributed by atoms with Crippen LogP contribution in [0.3, 0.4) is 0 Å². The number of halogens is 3. The Morgan fingerprint density at radius 2 is 1.59 bits per heavy atom. The SMILES string of the molecule is COc1nc2ccc(C(O)(c3cnc(C)n3C)c3cnc(C)n3C)cc2c(C#N)c1Cc1cccc(C(F)(F)F)c1. The predicted octanol–water partition coefficient (Wildman–Crippen LogP) is 5.09. The number of hydrogen-bond acceptors (Lipinski definition) is 6. The number of imidazole rings is 2. The summed E-state index contributed by atoms with van der Waals surface area (Å²) in [5.41, 5.74) is 0.220. The first-order chi connectivity index (χ1) is 19.4. The van der Waals surface area contributed by atoms with Gasteiger partial charge >= 0.3 is 6.18 Å². The molecule has 0 unspecified atom stereocenters. The average molecular weight is 561 g/mol. The van der Waals surface area contributed by atoms with Crippen LogP contribution in [0.5, 0.6) is 5.88 Å². The molecule has 11 heteroatoms. The number of methoxy groups -OCH3 is 1. The topological polar surface area (TPSA) is 102 Å². The van der Waals surface area contributed by atoms with Crippen molar-refractivity contribution in [3.8, 4) is 11.9 Å². The Morgan fingerprint density at radius 1 is 0.951 bits per heavy atom. The minimum atomic E-state index is -4.51. The summed E-state index contributed by atoms with van der Waals surface area (Å²) < 4.78 is 49.2. The maximum absolute atomic E-state index is 13.4. The molecule has 5 aromatic rings. The van der Waals surface area contributed by atoms with E-state index >= 15 is 0 Å². The number of ether oxygens (including phenoxy) is 1. The monoisotopic (exact) mass is 560 g/mol. The van der Waals surface area contributed by atoms with Crippen molar-refractivity contribution in [3.63, 3.8) is 0 Å². The van der Waals surface area contributed by atoms with Crippen molar-refractivity contribution in [3.05, 3.63) is 106 Å². The Kier molecular flexibility index (Phi) is 6.83. The second-order valence-corrected chi connectivity index (χ2v) is 9.90. The molecule has 2 aromatic carbocycles. The van der Waals surface area contributed by atoms with Gasteiger partial charge in [0, 0.05) is 31.5 Å². The molecule has 0 bridgehead atoms. The van der Waals surface area contributed by atoms with Crippen LogP contribution in [0.2, 0.25) is 0 Å². The van der Waals surface area contributed by atoms with E-state index in [1.807, 2.05) is 13.8 Å². The summed E-state index contributed by atoms with van der Waals surface area (Å²) >= 11 is 0. The molecule has 0 spiro atoms. The van der Waals surface area contributed by atoms with Gasteiger partial charge in [-0.2, -0.15) is 18.4 Å². The van der Waals surface area contributed by atoms with E-state index in [0.717, 1.165) is 12.1 Å². The Balaban J connectivity index is 1.75. The average Bonchev–Trinajstić information content (AvgIpc) is 3.47. The molecule has 5 rings (SSSR count). The van der Waals surface area contributed by atoms with E-state index in [0.29, 0.717) is 50.6 Å². The van der Waals surface area contributed by atoms with E-state index < -0.39 is 17.3 Å². The molecule has 1 N–H and O–H groups in total. The third-order valence-electron chi connectivity index (χ3n) is 7.59. The first kappa shape index (κ1) is 27.9. The number of alkyl halides is 3. The van der Waals surface area contributed by atoms with Gasteiger partial charge in [-0.25, -0.2) is 15.0 Å². The second kappa shape index (κ2) is 10.1. The number of nitrogens with zero attached hydrogens (tertiary/aromatic N) is 6. The second-order valence-electron chi connectivity index (χ2n) is 9.90. The number of fused-ring (bicyclic) bond motifs is 1. The van der Waals surface area contributed by atoms with Crippen LogP contribution in [-0.2, 0) is 32.3 Å². The zero-order valence-electron chi connectivity index (χ0n) is 23.1. The summed E-state index contributed by atoms with van der Waals surface area (Å²) in [6.45, 7) is 3.64. The molecule has 0 fully saturated rings. The third-order valence-corrected chi connectivity index (χ3v) is 7.59. The standard InChI is InChI=1S/C30H27F3N6O2/c1-17-35-15-26(38(17)3)29(40,27-16-36-18(2)39(27)4)20-9-10-25-22(13-20)24(14-34)23(28(37-25)41-5)12-19-7-6-8-21(11-19)30(31,32)33/h6-11,13,15-16,40H,12H2,1-5H3. The molecule has 0 saturated carbocycles. The molecule has 210 valence electrons. The van der Waals surface area contributed by atoms with E-state index in [1.54, 1.807) is 59.9 Å². The highest BCUT2D eigenvalue weighted by molar-refractivity contribution is 5.88. The van der Waals surface area contributed by atoms with Crippen molar-refractivity contribution in [2.24, 2.45) is 14.1 Å². The normalized spacial score (nSPS) is 12.1. The van der Waals surface area contributed by atoms with Crippen LogP contribution < -0.4 is 4.74 Å². The molecule has 3 heterocycles. The van der Waals surface area contributed by atoms with Crippen LogP contribution in [0.4, 0.5) is 13.2 Å². The van der Waals surface area contributed by atoms with Gasteiger partial charge in [0.1, 0.15) is 17.7 Å². The van der Waals surface area contributed by atoms with Gasteiger partial charge in [0.2, 0.25) is 5.88 Å². The van der Waals surface area contributed by atoms with Crippen molar-refractivity contribution >= 4 is 10.9 Å². The summed E-state index contributed by atoms with van der Waals surface area (Å²) in [6.07, 6.45) is -1.33. The molecule has 0 aliphatic heterocycles. The number of benzene rings is 2. The van der Waals surface area contributed by atoms with E-state index in [4.69, 9.17) is 4.74 Å². The highest BCUT2D eigenvalue weighted by Crippen LogP contribution is 2.40. The number of rotatable bonds is 6. The van der Waals surface area contributed by atoms with Crippen molar-refractivity contribution < 1.29 is 23.0 Å². The number of aliphatic hydroxyl groups is 1. The van der Waals surface area contributed by atoms with E-state index in [1.165, 1.54) is 13.2 Å². The van der Waals surface area contributed by atoms with Crippen molar-refractivity contribution in [2.45, 2.75) is 32.0 Å². The molecule has 41 heavy (non-hydrogen) atoms. The van der Waals surface area contributed by atoms with E-state index in [9.17, 15) is 23.5 Å². The molecular formula is C30H27F3N6O2. The third kappa shape index (κ3) is 4.60. The van der Waals surface area contributed by atoms with Gasteiger partial charge < -0.3 is 19.0 Å². The van der Waals surface area contributed by atoms with Crippen LogP contribution in [0.25, 0.3) is 10.9 Å². The van der Waals surface area contributed by atoms with Crippen molar-refractivity contribution in [2.75, 3.05) is 7.11 Å².